The van der Waals surface area contributed by atoms with E-state index in [2.05, 4.69) is 15.5 Å². The molecule has 0 unspecified atom stereocenters. The average molecular weight is 413 g/mol. The molecule has 3 amide bonds. The van der Waals surface area contributed by atoms with Crippen LogP contribution >= 0.6 is 0 Å². The Morgan fingerprint density at radius 1 is 1.27 bits per heavy atom. The largest absolute Gasteiger partial charge is 0.342 e. The Kier molecular flexibility index (Phi) is 4.80. The van der Waals surface area contributed by atoms with Gasteiger partial charge in [-0.1, -0.05) is 30.5 Å². The Labute approximate surface area is 170 Å². The number of nitrogens with one attached hydrogen (secondary N) is 1. The van der Waals surface area contributed by atoms with Crippen molar-refractivity contribution in [2.45, 2.75) is 44.6 Å². The van der Waals surface area contributed by atoms with Crippen molar-refractivity contribution in [1.29, 1.82) is 0 Å². The predicted octanol–water partition coefficient (Wildman–Crippen LogP) is 1.86. The monoisotopic (exact) mass is 413 g/mol. The number of aryl methyl sites for hydroxylation is 1. The first kappa shape index (κ1) is 19.7. The summed E-state index contributed by atoms with van der Waals surface area (Å²) in [6, 6.07) is 3.83. The lowest BCUT2D eigenvalue weighted by Gasteiger charge is -2.35. The van der Waals surface area contributed by atoms with Gasteiger partial charge >= 0.3 is 0 Å². The van der Waals surface area contributed by atoms with E-state index in [9.17, 15) is 24.5 Å². The number of carbonyl (C=O) groups excluding carboxylic acids is 3. The maximum Gasteiger partial charge on any atom is 0.282 e. The van der Waals surface area contributed by atoms with E-state index in [-0.39, 0.29) is 11.1 Å². The highest BCUT2D eigenvalue weighted by Crippen LogP contribution is 2.36. The molecule has 0 atom stereocenters. The number of benzene rings is 1. The first-order valence-electron chi connectivity index (χ1n) is 9.58. The first-order chi connectivity index (χ1) is 14.3. The van der Waals surface area contributed by atoms with Crippen LogP contribution in [0.3, 0.4) is 0 Å². The summed E-state index contributed by atoms with van der Waals surface area (Å²) in [6.45, 7) is 1.10. The van der Waals surface area contributed by atoms with Crippen LogP contribution in [0.4, 0.5) is 5.69 Å². The van der Waals surface area contributed by atoms with E-state index >= 15 is 0 Å². The molecule has 4 rings (SSSR count). The molecule has 30 heavy (non-hydrogen) atoms. The molecule has 11 heteroatoms. The summed E-state index contributed by atoms with van der Waals surface area (Å²) in [4.78, 5) is 53.7. The van der Waals surface area contributed by atoms with Crippen molar-refractivity contribution in [1.82, 2.24) is 20.4 Å². The number of hydrogen-bond acceptors (Lipinski definition) is 8. The lowest BCUT2D eigenvalue weighted by Crippen LogP contribution is -2.51. The van der Waals surface area contributed by atoms with Crippen molar-refractivity contribution in [3.05, 3.63) is 51.2 Å². The van der Waals surface area contributed by atoms with Crippen LogP contribution in [0.15, 0.2) is 22.7 Å². The van der Waals surface area contributed by atoms with Crippen LogP contribution in [0.1, 0.15) is 64.5 Å². The number of rotatable bonds is 5. The van der Waals surface area contributed by atoms with Gasteiger partial charge in [0, 0.05) is 13.0 Å². The number of carbonyl (C=O) groups is 3. The summed E-state index contributed by atoms with van der Waals surface area (Å²) in [6.07, 6.45) is 3.92. The molecule has 1 fully saturated rings. The Morgan fingerprint density at radius 2 is 2.00 bits per heavy atom. The van der Waals surface area contributed by atoms with Gasteiger partial charge < -0.3 is 9.84 Å². The van der Waals surface area contributed by atoms with Crippen LogP contribution in [0.2, 0.25) is 0 Å². The lowest BCUT2D eigenvalue weighted by atomic mass is 9.81. The Bertz CT molecular complexity index is 1060. The van der Waals surface area contributed by atoms with Gasteiger partial charge in [-0.05, 0) is 18.9 Å². The second-order valence-electron chi connectivity index (χ2n) is 7.48. The van der Waals surface area contributed by atoms with Gasteiger partial charge in [0.1, 0.15) is 17.6 Å². The number of nitro benzene ring substituents is 1. The van der Waals surface area contributed by atoms with Gasteiger partial charge in [0.2, 0.25) is 11.8 Å². The zero-order valence-corrected chi connectivity index (χ0v) is 16.2. The van der Waals surface area contributed by atoms with E-state index in [1.165, 1.54) is 12.1 Å². The number of nitro groups is 1. The molecule has 2 aliphatic rings. The summed E-state index contributed by atoms with van der Waals surface area (Å²) in [5.74, 6) is -1.42. The normalized spacial score (nSPS) is 17.7. The van der Waals surface area contributed by atoms with Crippen LogP contribution in [0, 0.1) is 17.0 Å². The summed E-state index contributed by atoms with van der Waals surface area (Å²) in [7, 11) is 0. The van der Waals surface area contributed by atoms with Gasteiger partial charge in [-0.3, -0.25) is 29.4 Å². The van der Waals surface area contributed by atoms with Crippen LogP contribution in [-0.2, 0) is 10.3 Å². The Hall–Kier alpha value is -3.63. The van der Waals surface area contributed by atoms with E-state index in [0.29, 0.717) is 24.6 Å². The maximum absolute atomic E-state index is 12.8. The van der Waals surface area contributed by atoms with Crippen molar-refractivity contribution in [3.8, 4) is 0 Å². The molecule has 11 nitrogen and oxygen atoms in total. The van der Waals surface area contributed by atoms with E-state index in [4.69, 9.17) is 4.52 Å². The maximum atomic E-state index is 12.8. The quantitative estimate of drug-likeness (QED) is 0.443. The van der Waals surface area contributed by atoms with Gasteiger partial charge in [0.25, 0.3) is 17.5 Å². The number of fused-ring (bicyclic) bond motifs is 1. The Morgan fingerprint density at radius 3 is 2.63 bits per heavy atom. The fourth-order valence-electron chi connectivity index (χ4n) is 4.11. The van der Waals surface area contributed by atoms with Crippen molar-refractivity contribution < 1.29 is 23.8 Å². The van der Waals surface area contributed by atoms with E-state index in [1.54, 1.807) is 6.92 Å². The SMILES string of the molecule is Cc1nc(C2(NC(=O)CN3C(=O)c4cccc([N+](=O)[O-])c4C3=O)CCCCC2)no1. The molecule has 1 N–H and O–H groups in total. The minimum atomic E-state index is -0.856. The van der Waals surface area contributed by atoms with Gasteiger partial charge in [0.15, 0.2) is 5.82 Å². The highest BCUT2D eigenvalue weighted by Gasteiger charge is 2.44. The average Bonchev–Trinajstić information content (AvgIpc) is 3.26. The molecule has 1 aliphatic heterocycles. The molecular formula is C19H19N5O6. The molecule has 1 aromatic carbocycles. The van der Waals surface area contributed by atoms with Gasteiger partial charge in [-0.15, -0.1) is 0 Å². The molecule has 1 aliphatic carbocycles. The summed E-state index contributed by atoms with van der Waals surface area (Å²) in [5.41, 5.74) is -1.66. The number of nitrogens with zero attached hydrogens (tertiary/aromatic N) is 4. The molecule has 0 radical (unpaired) electrons. The minimum Gasteiger partial charge on any atom is -0.342 e. The zero-order chi connectivity index (χ0) is 21.5. The Balaban J connectivity index is 1.56. The third kappa shape index (κ3) is 3.21. The topological polar surface area (TPSA) is 149 Å². The molecule has 1 aromatic heterocycles. The van der Waals surface area contributed by atoms with Gasteiger partial charge in [-0.25, -0.2) is 0 Å². The first-order valence-corrected chi connectivity index (χ1v) is 9.58. The standard InChI is InChI=1S/C19H19N5O6/c1-11-20-18(22-30-11)19(8-3-2-4-9-19)21-14(25)10-23-16(26)12-6-5-7-13(24(28)29)15(12)17(23)27/h5-7H,2-4,8-10H2,1H3,(H,21,25). The fourth-order valence-corrected chi connectivity index (χ4v) is 4.11. The van der Waals surface area contributed by atoms with Gasteiger partial charge in [-0.2, -0.15) is 4.98 Å². The molecule has 156 valence electrons. The number of amides is 3. The summed E-state index contributed by atoms with van der Waals surface area (Å²) < 4.78 is 5.07. The number of imide groups is 1. The molecule has 2 heterocycles. The van der Waals surface area contributed by atoms with Crippen molar-refractivity contribution in [3.63, 3.8) is 0 Å². The fraction of sp³-hybridized carbons (Fsp3) is 0.421. The highest BCUT2D eigenvalue weighted by molar-refractivity contribution is 6.24. The molecule has 0 saturated heterocycles. The van der Waals surface area contributed by atoms with Crippen molar-refractivity contribution >= 4 is 23.4 Å². The lowest BCUT2D eigenvalue weighted by molar-refractivity contribution is -0.385. The smallest absolute Gasteiger partial charge is 0.282 e. The molecule has 0 spiro atoms. The second kappa shape index (κ2) is 7.32. The summed E-state index contributed by atoms with van der Waals surface area (Å²) >= 11 is 0. The molecule has 2 aromatic rings. The van der Waals surface area contributed by atoms with Crippen molar-refractivity contribution in [2.24, 2.45) is 0 Å². The van der Waals surface area contributed by atoms with Gasteiger partial charge in [0.05, 0.1) is 10.5 Å². The van der Waals surface area contributed by atoms with E-state index < -0.39 is 40.4 Å². The van der Waals surface area contributed by atoms with E-state index in [1.807, 2.05) is 0 Å². The highest BCUT2D eigenvalue weighted by atomic mass is 16.6. The third-order valence-corrected chi connectivity index (χ3v) is 5.52. The van der Waals surface area contributed by atoms with E-state index in [0.717, 1.165) is 30.2 Å². The van der Waals surface area contributed by atoms with Crippen LogP contribution in [0.25, 0.3) is 0 Å². The molecule has 0 bridgehead atoms. The number of aromatic nitrogens is 2. The second-order valence-corrected chi connectivity index (χ2v) is 7.48. The molecular weight excluding hydrogens is 394 g/mol. The van der Waals surface area contributed by atoms with Crippen molar-refractivity contribution in [2.75, 3.05) is 6.54 Å². The minimum absolute atomic E-state index is 0.0804. The van der Waals surface area contributed by atoms with Crippen LogP contribution < -0.4 is 5.32 Å². The zero-order valence-electron chi connectivity index (χ0n) is 16.2. The number of hydrogen-bond donors (Lipinski definition) is 1. The summed E-state index contributed by atoms with van der Waals surface area (Å²) in [5, 5.41) is 18.1. The van der Waals surface area contributed by atoms with Crippen LogP contribution in [-0.4, -0.2) is 44.2 Å². The van der Waals surface area contributed by atoms with Crippen LogP contribution in [0.5, 0.6) is 0 Å². The molecule has 1 saturated carbocycles. The predicted molar refractivity (Wildman–Crippen MR) is 100 cm³/mol. The third-order valence-electron chi connectivity index (χ3n) is 5.52.